The van der Waals surface area contributed by atoms with Crippen molar-refractivity contribution in [3.8, 4) is 0 Å². The third-order valence-electron chi connectivity index (χ3n) is 4.97. The van der Waals surface area contributed by atoms with E-state index in [-0.39, 0.29) is 0 Å². The monoisotopic (exact) mass is 460 g/mol. The Morgan fingerprint density at radius 3 is 1.54 bits per heavy atom. The van der Waals surface area contributed by atoms with E-state index in [1.165, 1.54) is 24.3 Å². The molecule has 4 aromatic rings. The Bertz CT molecular complexity index is 1450. The largest absolute Gasteiger partial charge is 0.240 e. The molecule has 4 aromatic carbocycles. The van der Waals surface area contributed by atoms with Gasteiger partial charge in [0.15, 0.2) is 0 Å². The van der Waals surface area contributed by atoms with Crippen molar-refractivity contribution in [1.29, 1.82) is 0 Å². The van der Waals surface area contributed by atoms with Gasteiger partial charge in [0.2, 0.25) is 30.0 Å². The number of hydrogen-bond donors (Lipinski definition) is 0. The lowest BCUT2D eigenvalue weighted by Crippen LogP contribution is -2.22. The summed E-state index contributed by atoms with van der Waals surface area (Å²) in [5, 5.41) is 1.67. The molecule has 0 atom stereocenters. The minimum atomic E-state index is -1.41. The van der Waals surface area contributed by atoms with Crippen molar-refractivity contribution in [3.05, 3.63) is 108 Å². The lowest BCUT2D eigenvalue weighted by molar-refractivity contribution is 0.516. The number of rotatable bonds is 6. The van der Waals surface area contributed by atoms with Gasteiger partial charge in [0.1, 0.15) is 11.4 Å². The molecule has 0 bridgehead atoms. The first-order valence-corrected chi connectivity index (χ1v) is 10.2. The van der Waals surface area contributed by atoms with Gasteiger partial charge >= 0.3 is 0 Å². The zero-order valence-electron chi connectivity index (χ0n) is 18.2. The van der Waals surface area contributed by atoms with Crippen LogP contribution in [0.25, 0.3) is 10.8 Å². The molecule has 0 unspecified atom stereocenters. The summed E-state index contributed by atoms with van der Waals surface area (Å²) in [7, 11) is 0. The molecule has 8 heteroatoms. The first-order valence-electron chi connectivity index (χ1n) is 10.2. The average molecular weight is 460 g/mol. The number of isocyanates is 4. The van der Waals surface area contributed by atoms with Gasteiger partial charge in [-0.3, -0.25) is 0 Å². The fraction of sp³-hybridized carbons (Fsp3) is 0.0370. The van der Waals surface area contributed by atoms with E-state index >= 15 is 0 Å². The van der Waals surface area contributed by atoms with E-state index in [1.807, 2.05) is 30.3 Å². The van der Waals surface area contributed by atoms with Gasteiger partial charge in [-0.2, -0.15) is 20.0 Å². The van der Waals surface area contributed by atoms with E-state index < -0.39 is 5.66 Å². The fourth-order valence-corrected chi connectivity index (χ4v) is 3.47. The summed E-state index contributed by atoms with van der Waals surface area (Å²) in [6.45, 7) is 0. The molecule has 0 aliphatic carbocycles. The molecule has 0 aromatic heterocycles. The topological polar surface area (TPSA) is 118 Å². The lowest BCUT2D eigenvalue weighted by atomic mass is 9.92. The third-order valence-corrected chi connectivity index (χ3v) is 4.97. The standard InChI is InChI=1S/C15H10N2O2.C12H6N2O2/c18-11-16-15(17-12-19,13-7-3-1-4-8-13)14-9-5-2-6-10-14;15-7-13-11-6-5-9-3-1-2-4-10(9)12(11)14-8-16/h1-10H;1-6H. The Morgan fingerprint density at radius 2 is 1.03 bits per heavy atom. The molecule has 0 N–H and O–H groups in total. The number of fused-ring (bicyclic) bond motifs is 1. The van der Waals surface area contributed by atoms with Crippen LogP contribution >= 0.6 is 0 Å². The van der Waals surface area contributed by atoms with E-state index in [4.69, 9.17) is 0 Å². The van der Waals surface area contributed by atoms with Crippen LogP contribution in [0.4, 0.5) is 11.4 Å². The summed E-state index contributed by atoms with van der Waals surface area (Å²) < 4.78 is 0. The molecule has 0 saturated carbocycles. The smallest absolute Gasteiger partial charge is 0.211 e. The van der Waals surface area contributed by atoms with Crippen LogP contribution in [0.2, 0.25) is 0 Å². The Balaban J connectivity index is 0.000000198. The van der Waals surface area contributed by atoms with Gasteiger partial charge in [0, 0.05) is 16.5 Å². The highest BCUT2D eigenvalue weighted by atomic mass is 16.1. The second kappa shape index (κ2) is 12.0. The maximum absolute atomic E-state index is 10.8. The van der Waals surface area contributed by atoms with Crippen molar-refractivity contribution in [2.45, 2.75) is 5.66 Å². The number of aliphatic imine (C=N–C) groups is 4. The average Bonchev–Trinajstić information content (AvgIpc) is 2.91. The molecule has 0 aliphatic heterocycles. The first-order chi connectivity index (χ1) is 17.2. The molecule has 0 fully saturated rings. The van der Waals surface area contributed by atoms with Crippen LogP contribution in [0, 0.1) is 0 Å². The maximum Gasteiger partial charge on any atom is 0.240 e. The summed E-state index contributed by atoms with van der Waals surface area (Å²) in [6, 6.07) is 28.6. The minimum absolute atomic E-state index is 0.317. The normalized spacial score (nSPS) is 9.71. The molecule has 0 amide bonds. The molecule has 0 spiro atoms. The van der Waals surface area contributed by atoms with Crippen molar-refractivity contribution in [1.82, 2.24) is 0 Å². The molecule has 0 saturated heterocycles. The minimum Gasteiger partial charge on any atom is -0.211 e. The van der Waals surface area contributed by atoms with Crippen LogP contribution in [-0.4, -0.2) is 24.3 Å². The summed E-state index contributed by atoms with van der Waals surface area (Å²) in [5.74, 6) is 0. The van der Waals surface area contributed by atoms with Crippen LogP contribution in [-0.2, 0) is 24.8 Å². The van der Waals surface area contributed by atoms with Gasteiger partial charge < -0.3 is 0 Å². The molecule has 35 heavy (non-hydrogen) atoms. The number of nitrogens with zero attached hydrogens (tertiary/aromatic N) is 4. The van der Waals surface area contributed by atoms with Gasteiger partial charge in [-0.25, -0.2) is 19.2 Å². The molecule has 168 valence electrons. The van der Waals surface area contributed by atoms with Crippen LogP contribution < -0.4 is 0 Å². The Labute approximate surface area is 199 Å². The highest BCUT2D eigenvalue weighted by molar-refractivity contribution is 5.98. The quantitative estimate of drug-likeness (QED) is 0.285. The van der Waals surface area contributed by atoms with Gasteiger partial charge in [-0.1, -0.05) is 91.0 Å². The SMILES string of the molecule is O=C=NC(N=C=O)(c1ccccc1)c1ccccc1.O=C=Nc1ccc2ccccc2c1N=C=O. The van der Waals surface area contributed by atoms with Gasteiger partial charge in [0.05, 0.1) is 0 Å². The highest BCUT2D eigenvalue weighted by Crippen LogP contribution is 2.36. The van der Waals surface area contributed by atoms with Gasteiger partial charge in [0.25, 0.3) is 0 Å². The van der Waals surface area contributed by atoms with E-state index in [1.54, 1.807) is 66.7 Å². The Kier molecular flexibility index (Phi) is 8.37. The zero-order valence-corrected chi connectivity index (χ0v) is 18.2. The van der Waals surface area contributed by atoms with Crippen LogP contribution in [0.3, 0.4) is 0 Å². The van der Waals surface area contributed by atoms with Crippen LogP contribution in [0.15, 0.2) is 117 Å². The number of benzene rings is 4. The van der Waals surface area contributed by atoms with E-state index in [2.05, 4.69) is 20.0 Å². The van der Waals surface area contributed by atoms with Crippen molar-refractivity contribution in [3.63, 3.8) is 0 Å². The van der Waals surface area contributed by atoms with Crippen LogP contribution in [0.5, 0.6) is 0 Å². The summed E-state index contributed by atoms with van der Waals surface area (Å²) in [4.78, 5) is 56.7. The predicted molar refractivity (Wildman–Crippen MR) is 129 cm³/mol. The van der Waals surface area contributed by atoms with E-state index in [0.29, 0.717) is 22.5 Å². The van der Waals surface area contributed by atoms with Crippen molar-refractivity contribution in [2.24, 2.45) is 20.0 Å². The molecular formula is C27H16N4O4. The summed E-state index contributed by atoms with van der Waals surface area (Å²) in [5.41, 5.74) is 0.459. The Morgan fingerprint density at radius 1 is 0.514 bits per heavy atom. The Hall–Kier alpha value is -5.34. The third kappa shape index (κ3) is 5.54. The predicted octanol–water partition coefficient (Wildman–Crippen LogP) is 5.33. The van der Waals surface area contributed by atoms with Crippen molar-refractivity contribution >= 4 is 46.5 Å². The fourth-order valence-electron chi connectivity index (χ4n) is 3.47. The highest BCUT2D eigenvalue weighted by Gasteiger charge is 2.34. The second-order valence-corrected chi connectivity index (χ2v) is 6.87. The molecular weight excluding hydrogens is 444 g/mol. The summed E-state index contributed by atoms with van der Waals surface area (Å²) in [6.07, 6.45) is 5.88. The molecule has 0 radical (unpaired) electrons. The van der Waals surface area contributed by atoms with E-state index in [9.17, 15) is 19.2 Å². The van der Waals surface area contributed by atoms with Gasteiger partial charge in [-0.15, -0.1) is 0 Å². The number of hydrogen-bond acceptors (Lipinski definition) is 8. The first kappa shape index (κ1) is 24.3. The zero-order chi connectivity index (χ0) is 24.9. The maximum atomic E-state index is 10.8. The van der Waals surface area contributed by atoms with E-state index in [0.717, 1.165) is 10.8 Å². The van der Waals surface area contributed by atoms with Crippen LogP contribution in [0.1, 0.15) is 11.1 Å². The lowest BCUT2D eigenvalue weighted by Gasteiger charge is -2.22. The second-order valence-electron chi connectivity index (χ2n) is 6.87. The molecule has 8 nitrogen and oxygen atoms in total. The van der Waals surface area contributed by atoms with Crippen molar-refractivity contribution < 1.29 is 19.2 Å². The molecule has 0 aliphatic rings. The summed E-state index contributed by atoms with van der Waals surface area (Å²) >= 11 is 0. The molecule has 0 heterocycles. The van der Waals surface area contributed by atoms with Crippen molar-refractivity contribution in [2.75, 3.05) is 0 Å². The molecule has 4 rings (SSSR count). The number of carbonyl (C=O) groups excluding carboxylic acids is 4. The van der Waals surface area contributed by atoms with Gasteiger partial charge in [-0.05, 0) is 11.5 Å².